The fourth-order valence-electron chi connectivity index (χ4n) is 3.13. The summed E-state index contributed by atoms with van der Waals surface area (Å²) in [7, 11) is 0. The highest BCUT2D eigenvalue weighted by Gasteiger charge is 2.12. The fourth-order valence-corrected chi connectivity index (χ4v) is 4.12. The number of aromatic carboxylic acids is 1. The van der Waals surface area contributed by atoms with Gasteiger partial charge in [-0.25, -0.2) is 9.42 Å². The molecule has 0 saturated heterocycles. The van der Waals surface area contributed by atoms with Gasteiger partial charge in [0.1, 0.15) is 23.4 Å². The van der Waals surface area contributed by atoms with Crippen molar-refractivity contribution < 1.29 is 19.3 Å². The molecule has 4 rings (SSSR count). The van der Waals surface area contributed by atoms with Crippen molar-refractivity contribution in [2.45, 2.75) is 19.4 Å². The summed E-state index contributed by atoms with van der Waals surface area (Å²) in [5.74, 6) is -0.212. The summed E-state index contributed by atoms with van der Waals surface area (Å²) < 4.78 is 11.6. The van der Waals surface area contributed by atoms with Crippen molar-refractivity contribution in [1.82, 2.24) is 10.3 Å². The van der Waals surface area contributed by atoms with Gasteiger partial charge in [-0.05, 0) is 92.2 Å². The summed E-state index contributed by atoms with van der Waals surface area (Å²) in [5.41, 5.74) is 4.58. The lowest BCUT2D eigenvalue weighted by atomic mass is 10.0. The number of carboxylic acid groups (broad SMARTS) is 1. The molecule has 6 nitrogen and oxygen atoms in total. The van der Waals surface area contributed by atoms with Crippen molar-refractivity contribution in [2.24, 2.45) is 0 Å². The number of aromatic nitrogens is 2. The van der Waals surface area contributed by atoms with E-state index < -0.39 is 5.97 Å². The first-order chi connectivity index (χ1) is 14.5. The van der Waals surface area contributed by atoms with Crippen molar-refractivity contribution in [3.63, 3.8) is 0 Å². The molecule has 0 aliphatic carbocycles. The van der Waals surface area contributed by atoms with E-state index in [4.69, 9.17) is 26.1 Å². The van der Waals surface area contributed by atoms with Gasteiger partial charge in [0.2, 0.25) is 0 Å². The normalized spacial score (nSPS) is 11.0. The molecule has 152 valence electrons. The van der Waals surface area contributed by atoms with Crippen molar-refractivity contribution in [2.75, 3.05) is 0 Å². The second-order valence-electron chi connectivity index (χ2n) is 6.75. The van der Waals surface area contributed by atoms with Gasteiger partial charge >= 0.3 is 5.97 Å². The zero-order chi connectivity index (χ0) is 21.1. The number of ether oxygens (including phenoxy) is 1. The molecule has 0 fully saturated rings. The topological polar surface area (TPSA) is 85.5 Å². The van der Waals surface area contributed by atoms with Gasteiger partial charge in [0.05, 0.1) is 10.0 Å². The first kappa shape index (κ1) is 20.4. The first-order valence-corrected chi connectivity index (χ1v) is 10.3. The Bertz CT molecular complexity index is 1210. The monoisotopic (exact) mass is 486 g/mol. The average molecular weight is 488 g/mol. The minimum atomic E-state index is -0.935. The van der Waals surface area contributed by atoms with Gasteiger partial charge in [-0.1, -0.05) is 29.8 Å². The average Bonchev–Trinajstić information content (AvgIpc) is 3.19. The van der Waals surface area contributed by atoms with Crippen molar-refractivity contribution in [3.8, 4) is 5.75 Å². The molecule has 3 aromatic carbocycles. The standard InChI is InChI=1S/C22H16BrClN2O4/c23-18-11-17(24)10-16(7-3-13-1-5-15(6-2-13)22(27)28)21(18)29-12-14-4-8-19-20(9-14)26-30-25-19/h1-2,4-6,8-11H,3,7,12H2,(H,27,28). The van der Waals surface area contributed by atoms with Crippen molar-refractivity contribution >= 4 is 44.5 Å². The molecule has 1 aromatic heterocycles. The predicted octanol–water partition coefficient (Wildman–Crippen LogP) is 5.70. The molecule has 0 spiro atoms. The Morgan fingerprint density at radius 3 is 2.50 bits per heavy atom. The minimum Gasteiger partial charge on any atom is -0.487 e. The Labute approximate surface area is 185 Å². The lowest BCUT2D eigenvalue weighted by molar-refractivity contribution is 0.0697. The molecule has 0 aliphatic heterocycles. The number of carboxylic acids is 1. The van der Waals surface area contributed by atoms with Crippen LogP contribution in [0.2, 0.25) is 5.02 Å². The summed E-state index contributed by atoms with van der Waals surface area (Å²) in [6.07, 6.45) is 1.41. The van der Waals surface area contributed by atoms with Crippen LogP contribution in [0.4, 0.5) is 0 Å². The third-order valence-electron chi connectivity index (χ3n) is 4.67. The van der Waals surface area contributed by atoms with E-state index in [2.05, 4.69) is 26.2 Å². The Kier molecular flexibility index (Phi) is 6.01. The lowest BCUT2D eigenvalue weighted by Gasteiger charge is -2.14. The molecule has 0 unspecified atom stereocenters. The highest BCUT2D eigenvalue weighted by Crippen LogP contribution is 2.34. The molecular formula is C22H16BrClN2O4. The molecule has 4 aromatic rings. The summed E-state index contributed by atoms with van der Waals surface area (Å²) in [6, 6.07) is 16.2. The zero-order valence-electron chi connectivity index (χ0n) is 15.6. The van der Waals surface area contributed by atoms with E-state index in [1.165, 1.54) is 0 Å². The van der Waals surface area contributed by atoms with E-state index in [1.54, 1.807) is 18.2 Å². The van der Waals surface area contributed by atoms with Gasteiger partial charge in [0.25, 0.3) is 0 Å². The maximum absolute atomic E-state index is 11.0. The fraction of sp³-hybridized carbons (Fsp3) is 0.136. The largest absolute Gasteiger partial charge is 0.487 e. The Morgan fingerprint density at radius 1 is 1.00 bits per heavy atom. The quantitative estimate of drug-likeness (QED) is 0.360. The van der Waals surface area contributed by atoms with E-state index in [9.17, 15) is 4.79 Å². The highest BCUT2D eigenvalue weighted by molar-refractivity contribution is 9.10. The smallest absolute Gasteiger partial charge is 0.335 e. The SMILES string of the molecule is O=C(O)c1ccc(CCc2cc(Cl)cc(Br)c2OCc2ccc3nonc3c2)cc1. The van der Waals surface area contributed by atoms with Gasteiger partial charge in [0.15, 0.2) is 0 Å². The summed E-state index contributed by atoms with van der Waals surface area (Å²) in [5, 5.41) is 17.3. The van der Waals surface area contributed by atoms with E-state index in [-0.39, 0.29) is 5.56 Å². The number of rotatable bonds is 7. The van der Waals surface area contributed by atoms with Crippen LogP contribution < -0.4 is 4.74 Å². The van der Waals surface area contributed by atoms with Crippen LogP contribution in [0.15, 0.2) is 63.7 Å². The van der Waals surface area contributed by atoms with Crippen LogP contribution >= 0.6 is 27.5 Å². The van der Waals surface area contributed by atoms with E-state index in [0.29, 0.717) is 29.1 Å². The van der Waals surface area contributed by atoms with Crippen LogP contribution in [0, 0.1) is 0 Å². The number of halogens is 2. The third-order valence-corrected chi connectivity index (χ3v) is 5.48. The summed E-state index contributed by atoms with van der Waals surface area (Å²) in [6.45, 7) is 0.351. The number of fused-ring (bicyclic) bond motifs is 1. The second kappa shape index (κ2) is 8.85. The summed E-state index contributed by atoms with van der Waals surface area (Å²) in [4.78, 5) is 11.0. The van der Waals surface area contributed by atoms with E-state index in [1.807, 2.05) is 36.4 Å². The van der Waals surface area contributed by atoms with Crippen LogP contribution in [0.1, 0.15) is 27.0 Å². The molecule has 0 aliphatic rings. The Balaban J connectivity index is 1.50. The molecule has 0 amide bonds. The van der Waals surface area contributed by atoms with Crippen LogP contribution in [0.25, 0.3) is 11.0 Å². The van der Waals surface area contributed by atoms with Crippen LogP contribution in [0.5, 0.6) is 5.75 Å². The molecule has 30 heavy (non-hydrogen) atoms. The van der Waals surface area contributed by atoms with Gasteiger partial charge in [-0.2, -0.15) is 0 Å². The maximum Gasteiger partial charge on any atom is 0.335 e. The van der Waals surface area contributed by atoms with Crippen molar-refractivity contribution in [1.29, 1.82) is 0 Å². The molecule has 1 heterocycles. The van der Waals surface area contributed by atoms with Crippen molar-refractivity contribution in [3.05, 3.63) is 86.3 Å². The number of aryl methyl sites for hydroxylation is 2. The maximum atomic E-state index is 11.0. The van der Waals surface area contributed by atoms with Gasteiger partial charge in [-0.15, -0.1) is 0 Å². The Hall–Kier alpha value is -2.90. The molecule has 1 N–H and O–H groups in total. The number of carbonyl (C=O) groups is 1. The minimum absolute atomic E-state index is 0.271. The van der Waals surface area contributed by atoms with Gasteiger partial charge in [-0.3, -0.25) is 0 Å². The Morgan fingerprint density at radius 2 is 1.73 bits per heavy atom. The molecule has 8 heteroatoms. The van der Waals surface area contributed by atoms with E-state index >= 15 is 0 Å². The van der Waals surface area contributed by atoms with Crippen LogP contribution in [-0.2, 0) is 19.4 Å². The van der Waals surface area contributed by atoms with Gasteiger partial charge in [0, 0.05) is 5.02 Å². The van der Waals surface area contributed by atoms with Crippen LogP contribution in [-0.4, -0.2) is 21.4 Å². The highest BCUT2D eigenvalue weighted by atomic mass is 79.9. The number of benzene rings is 3. The number of nitrogens with zero attached hydrogens (tertiary/aromatic N) is 2. The molecule has 0 radical (unpaired) electrons. The number of hydrogen-bond acceptors (Lipinski definition) is 5. The lowest BCUT2D eigenvalue weighted by Crippen LogP contribution is -2.02. The van der Waals surface area contributed by atoms with Crippen LogP contribution in [0.3, 0.4) is 0 Å². The second-order valence-corrected chi connectivity index (χ2v) is 8.04. The van der Waals surface area contributed by atoms with E-state index in [0.717, 1.165) is 33.3 Å². The number of hydrogen-bond donors (Lipinski definition) is 1. The molecule has 0 bridgehead atoms. The zero-order valence-corrected chi connectivity index (χ0v) is 18.0. The third kappa shape index (κ3) is 4.63. The summed E-state index contributed by atoms with van der Waals surface area (Å²) >= 11 is 9.80. The molecule has 0 atom stereocenters. The van der Waals surface area contributed by atoms with Gasteiger partial charge < -0.3 is 9.84 Å². The molecular weight excluding hydrogens is 472 g/mol. The predicted molar refractivity (Wildman–Crippen MR) is 116 cm³/mol. The first-order valence-electron chi connectivity index (χ1n) is 9.14. The molecule has 0 saturated carbocycles.